The molecule has 0 aromatic heterocycles. The van der Waals surface area contributed by atoms with Crippen LogP contribution in [0.1, 0.15) is 0 Å². The molecule has 2 unspecified atom stereocenters. The van der Waals surface area contributed by atoms with Crippen LogP contribution in [0, 0.1) is 0 Å². The third-order valence-corrected chi connectivity index (χ3v) is 1.16. The zero-order valence-electron chi connectivity index (χ0n) is 4.68. The SMILES string of the molecule is O=S([O-])OCCOS(=O)[O-]. The van der Waals surface area contributed by atoms with E-state index in [4.69, 9.17) is 0 Å². The Morgan fingerprint density at radius 3 is 1.50 bits per heavy atom. The van der Waals surface area contributed by atoms with Crippen LogP contribution in [0.25, 0.3) is 0 Å². The van der Waals surface area contributed by atoms with Gasteiger partial charge in [0.25, 0.3) is 0 Å². The number of hydrogen-bond donors (Lipinski definition) is 0. The molecule has 0 aromatic carbocycles. The van der Waals surface area contributed by atoms with E-state index in [1.807, 2.05) is 0 Å². The lowest BCUT2D eigenvalue weighted by atomic mass is 10.8. The molecule has 0 bridgehead atoms. The Bertz CT molecular complexity index is 118. The van der Waals surface area contributed by atoms with Crippen molar-refractivity contribution >= 4 is 22.7 Å². The van der Waals surface area contributed by atoms with Crippen LogP contribution in [0.3, 0.4) is 0 Å². The van der Waals surface area contributed by atoms with Gasteiger partial charge in [0.2, 0.25) is 0 Å². The fourth-order valence-electron chi connectivity index (χ4n) is 0.204. The molecule has 0 N–H and O–H groups in total. The van der Waals surface area contributed by atoms with Crippen molar-refractivity contribution in [3.8, 4) is 0 Å². The molecular weight excluding hydrogens is 184 g/mol. The predicted octanol–water partition coefficient (Wildman–Crippen LogP) is -1.39. The second-order valence-electron chi connectivity index (χ2n) is 1.05. The first-order chi connectivity index (χ1) is 4.63. The molecule has 62 valence electrons. The van der Waals surface area contributed by atoms with Crippen molar-refractivity contribution in [1.82, 2.24) is 0 Å². The van der Waals surface area contributed by atoms with Crippen LogP contribution in [0.4, 0.5) is 0 Å². The fourth-order valence-corrected chi connectivity index (χ4v) is 0.612. The molecule has 10 heavy (non-hydrogen) atoms. The maximum absolute atomic E-state index is 9.61. The maximum Gasteiger partial charge on any atom is 0.0876 e. The minimum atomic E-state index is -2.61. The van der Waals surface area contributed by atoms with Crippen LogP contribution >= 0.6 is 0 Å². The van der Waals surface area contributed by atoms with E-state index in [-0.39, 0.29) is 13.2 Å². The molecule has 0 spiro atoms. The maximum atomic E-state index is 9.61. The molecular formula is C2H4O6S2-2. The highest BCUT2D eigenvalue weighted by atomic mass is 32.2. The van der Waals surface area contributed by atoms with Crippen molar-refractivity contribution in [2.75, 3.05) is 13.2 Å². The van der Waals surface area contributed by atoms with Gasteiger partial charge in [-0.3, -0.25) is 8.37 Å². The molecule has 0 fully saturated rings. The summed E-state index contributed by atoms with van der Waals surface area (Å²) >= 11 is -5.22. The summed E-state index contributed by atoms with van der Waals surface area (Å²) in [5, 5.41) is 0. The number of hydrogen-bond acceptors (Lipinski definition) is 6. The van der Waals surface area contributed by atoms with Crippen LogP contribution < -0.4 is 0 Å². The Balaban J connectivity index is 3.06. The molecule has 0 saturated heterocycles. The fraction of sp³-hybridized carbons (Fsp3) is 1.00. The largest absolute Gasteiger partial charge is 0.750 e. The van der Waals surface area contributed by atoms with Crippen LogP contribution in [-0.4, -0.2) is 30.7 Å². The minimum Gasteiger partial charge on any atom is -0.750 e. The molecule has 0 rings (SSSR count). The van der Waals surface area contributed by atoms with Crippen molar-refractivity contribution < 1.29 is 25.9 Å². The molecule has 8 heteroatoms. The molecule has 0 amide bonds. The van der Waals surface area contributed by atoms with Gasteiger partial charge in [0.15, 0.2) is 0 Å². The van der Waals surface area contributed by atoms with Gasteiger partial charge in [-0.1, -0.05) is 0 Å². The Kier molecular flexibility index (Phi) is 5.97. The first-order valence-corrected chi connectivity index (χ1v) is 4.08. The Morgan fingerprint density at radius 2 is 1.30 bits per heavy atom. The van der Waals surface area contributed by atoms with E-state index in [9.17, 15) is 17.5 Å². The highest BCUT2D eigenvalue weighted by molar-refractivity contribution is 7.74. The first-order valence-electron chi connectivity index (χ1n) is 2.08. The summed E-state index contributed by atoms with van der Waals surface area (Å²) in [7, 11) is 0. The lowest BCUT2D eigenvalue weighted by molar-refractivity contribution is 0.214. The topological polar surface area (TPSA) is 98.7 Å². The quantitative estimate of drug-likeness (QED) is 0.389. The second kappa shape index (κ2) is 5.89. The number of rotatable bonds is 5. The van der Waals surface area contributed by atoms with Crippen LogP contribution in [0.2, 0.25) is 0 Å². The molecule has 0 aromatic rings. The van der Waals surface area contributed by atoms with Gasteiger partial charge >= 0.3 is 0 Å². The van der Waals surface area contributed by atoms with E-state index in [0.717, 1.165) is 0 Å². The van der Waals surface area contributed by atoms with Crippen molar-refractivity contribution in [3.05, 3.63) is 0 Å². The summed E-state index contributed by atoms with van der Waals surface area (Å²) < 4.78 is 46.3. The van der Waals surface area contributed by atoms with Crippen molar-refractivity contribution in [2.24, 2.45) is 0 Å². The molecule has 0 heterocycles. The van der Waals surface area contributed by atoms with Crippen molar-refractivity contribution in [3.63, 3.8) is 0 Å². The summed E-state index contributed by atoms with van der Waals surface area (Å²) in [6.07, 6.45) is 0. The van der Waals surface area contributed by atoms with Gasteiger partial charge < -0.3 is 9.11 Å². The van der Waals surface area contributed by atoms with Gasteiger partial charge in [0.05, 0.1) is 35.9 Å². The van der Waals surface area contributed by atoms with Crippen LogP contribution in [0.15, 0.2) is 0 Å². The van der Waals surface area contributed by atoms with E-state index in [0.29, 0.717) is 0 Å². The molecule has 0 radical (unpaired) electrons. The third-order valence-electron chi connectivity index (χ3n) is 0.442. The summed E-state index contributed by atoms with van der Waals surface area (Å²) in [4.78, 5) is 0. The van der Waals surface area contributed by atoms with E-state index in [1.165, 1.54) is 0 Å². The molecule has 0 aliphatic carbocycles. The summed E-state index contributed by atoms with van der Waals surface area (Å²) in [6, 6.07) is 0. The lowest BCUT2D eigenvalue weighted by Gasteiger charge is -2.06. The summed E-state index contributed by atoms with van der Waals surface area (Å²) in [6.45, 7) is -0.603. The second-order valence-corrected chi connectivity index (χ2v) is 2.34. The predicted molar refractivity (Wildman–Crippen MR) is 29.7 cm³/mol. The van der Waals surface area contributed by atoms with E-state index in [1.54, 1.807) is 0 Å². The molecule has 0 saturated carbocycles. The van der Waals surface area contributed by atoms with Gasteiger partial charge in [-0.05, 0) is 0 Å². The van der Waals surface area contributed by atoms with E-state index >= 15 is 0 Å². The highest BCUT2D eigenvalue weighted by Crippen LogP contribution is 1.82. The average Bonchev–Trinajstić information content (AvgIpc) is 1.79. The highest BCUT2D eigenvalue weighted by Gasteiger charge is 1.87. The standard InChI is InChI=1S/C2H6O6S2/c3-9(4)7-1-2-8-10(5)6/h1-2H2,(H,3,4)(H,5,6)/p-2. The van der Waals surface area contributed by atoms with Gasteiger partial charge in [-0.15, -0.1) is 0 Å². The van der Waals surface area contributed by atoms with Gasteiger partial charge in [0.1, 0.15) is 0 Å². The third kappa shape index (κ3) is 8.14. The van der Waals surface area contributed by atoms with Crippen LogP contribution in [-0.2, 0) is 31.1 Å². The van der Waals surface area contributed by atoms with E-state index in [2.05, 4.69) is 8.37 Å². The Hall–Kier alpha value is 0.140. The van der Waals surface area contributed by atoms with Gasteiger partial charge in [0, 0.05) is 0 Å². The summed E-state index contributed by atoms with van der Waals surface area (Å²) in [5.74, 6) is 0. The van der Waals surface area contributed by atoms with Crippen LogP contribution in [0.5, 0.6) is 0 Å². The molecule has 2 atom stereocenters. The monoisotopic (exact) mass is 188 g/mol. The Morgan fingerprint density at radius 1 is 1.00 bits per heavy atom. The van der Waals surface area contributed by atoms with Crippen molar-refractivity contribution in [1.29, 1.82) is 0 Å². The molecule has 0 aliphatic rings. The zero-order chi connectivity index (χ0) is 7.98. The smallest absolute Gasteiger partial charge is 0.0876 e. The average molecular weight is 188 g/mol. The molecule has 0 aliphatic heterocycles. The summed E-state index contributed by atoms with van der Waals surface area (Å²) in [5.41, 5.74) is 0. The van der Waals surface area contributed by atoms with Gasteiger partial charge in [-0.25, -0.2) is 8.42 Å². The Labute approximate surface area is 62.5 Å². The first kappa shape index (κ1) is 10.1. The lowest BCUT2D eigenvalue weighted by Crippen LogP contribution is -2.06. The normalized spacial score (nSPS) is 16.6. The van der Waals surface area contributed by atoms with Crippen molar-refractivity contribution in [2.45, 2.75) is 0 Å². The van der Waals surface area contributed by atoms with E-state index < -0.39 is 22.7 Å². The van der Waals surface area contributed by atoms with Gasteiger partial charge in [-0.2, -0.15) is 0 Å². The minimum absolute atomic E-state index is 0.301. The zero-order valence-corrected chi connectivity index (χ0v) is 6.31. The molecule has 6 nitrogen and oxygen atoms in total.